The van der Waals surface area contributed by atoms with E-state index in [2.05, 4.69) is 0 Å². The van der Waals surface area contributed by atoms with Gasteiger partial charge >= 0.3 is 12.3 Å². The minimum absolute atomic E-state index is 0.00873. The molecule has 0 radical (unpaired) electrons. The Balaban J connectivity index is 1.40. The van der Waals surface area contributed by atoms with Crippen LogP contribution >= 0.6 is 0 Å². The predicted molar refractivity (Wildman–Crippen MR) is 70.4 cm³/mol. The molecular formula is C14H20O8. The molecule has 0 spiro atoms. The Bertz CT molecular complexity index is 366. The molecule has 4 atom stereocenters. The zero-order chi connectivity index (χ0) is 15.4. The van der Waals surface area contributed by atoms with E-state index in [4.69, 9.17) is 28.4 Å². The van der Waals surface area contributed by atoms with E-state index in [-0.39, 0.29) is 25.4 Å². The third-order valence-electron chi connectivity index (χ3n) is 3.72. The zero-order valence-electron chi connectivity index (χ0n) is 12.2. The molecule has 22 heavy (non-hydrogen) atoms. The molecule has 3 rings (SSSR count). The molecule has 4 unspecified atom stereocenters. The first-order chi connectivity index (χ1) is 10.7. The highest BCUT2D eigenvalue weighted by atomic mass is 16.8. The van der Waals surface area contributed by atoms with Gasteiger partial charge in [-0.1, -0.05) is 0 Å². The van der Waals surface area contributed by atoms with Gasteiger partial charge in [-0.05, 0) is 25.7 Å². The maximum atomic E-state index is 11.6. The third kappa shape index (κ3) is 5.03. The summed E-state index contributed by atoms with van der Waals surface area (Å²) in [5.41, 5.74) is 0. The van der Waals surface area contributed by atoms with Crippen LogP contribution in [0.15, 0.2) is 0 Å². The second kappa shape index (κ2) is 7.15. The Hall–Kier alpha value is -1.54. The maximum Gasteiger partial charge on any atom is 0.508 e. The monoisotopic (exact) mass is 316 g/mol. The molecular weight excluding hydrogens is 296 g/mol. The van der Waals surface area contributed by atoms with Crippen molar-refractivity contribution in [3.05, 3.63) is 0 Å². The number of hydrogen-bond acceptors (Lipinski definition) is 8. The molecule has 0 aromatic rings. The lowest BCUT2D eigenvalue weighted by molar-refractivity contribution is -0.0721. The van der Waals surface area contributed by atoms with E-state index in [1.165, 1.54) is 0 Å². The average Bonchev–Trinajstić information content (AvgIpc) is 3.38. The lowest BCUT2D eigenvalue weighted by Crippen LogP contribution is -2.38. The summed E-state index contributed by atoms with van der Waals surface area (Å²) in [4.78, 5) is 23.2. The van der Waals surface area contributed by atoms with Crippen LogP contribution in [0.5, 0.6) is 0 Å². The van der Waals surface area contributed by atoms with Crippen LogP contribution in [0.25, 0.3) is 0 Å². The molecule has 1 saturated carbocycles. The largest absolute Gasteiger partial charge is 0.508 e. The number of hydrogen-bond donors (Lipinski definition) is 0. The second-order valence-electron chi connectivity index (χ2n) is 5.63. The molecule has 8 heteroatoms. The molecule has 2 heterocycles. The summed E-state index contributed by atoms with van der Waals surface area (Å²) in [6.07, 6.45) is 0.584. The fourth-order valence-corrected chi connectivity index (χ4v) is 2.30. The summed E-state index contributed by atoms with van der Waals surface area (Å²) in [6, 6.07) is 0. The highest BCUT2D eigenvalue weighted by Gasteiger charge is 2.34. The number of epoxide rings is 2. The summed E-state index contributed by atoms with van der Waals surface area (Å²) in [6.45, 7) is 1.61. The van der Waals surface area contributed by atoms with Gasteiger partial charge in [-0.15, -0.1) is 0 Å². The fourth-order valence-electron chi connectivity index (χ4n) is 2.30. The Morgan fingerprint density at radius 1 is 0.818 bits per heavy atom. The quantitative estimate of drug-likeness (QED) is 0.536. The minimum Gasteiger partial charge on any atom is -0.431 e. The van der Waals surface area contributed by atoms with Gasteiger partial charge in [0.2, 0.25) is 0 Å². The molecule has 1 aliphatic carbocycles. The van der Waals surface area contributed by atoms with Crippen LogP contribution < -0.4 is 0 Å². The van der Waals surface area contributed by atoms with Gasteiger partial charge in [0.25, 0.3) is 0 Å². The smallest absolute Gasteiger partial charge is 0.431 e. The normalized spacial score (nSPS) is 32.7. The topological polar surface area (TPSA) is 96.1 Å². The van der Waals surface area contributed by atoms with E-state index in [0.717, 1.165) is 12.8 Å². The lowest BCUT2D eigenvalue weighted by Gasteiger charge is -2.29. The standard InChI is InChI=1S/C14H20O8/c15-13(19-7-9-5-17-9)21-11-3-1-2-4-12(11)22-14(16)20-8-10-6-18-10/h9-12H,1-8H2. The molecule has 2 aliphatic heterocycles. The van der Waals surface area contributed by atoms with Crippen molar-refractivity contribution in [3.8, 4) is 0 Å². The van der Waals surface area contributed by atoms with Gasteiger partial charge in [0.05, 0.1) is 13.2 Å². The first-order valence-corrected chi connectivity index (χ1v) is 7.61. The summed E-state index contributed by atoms with van der Waals surface area (Å²) >= 11 is 0. The molecule has 0 aromatic heterocycles. The molecule has 3 aliphatic rings. The molecule has 124 valence electrons. The maximum absolute atomic E-state index is 11.6. The van der Waals surface area contributed by atoms with Crippen molar-refractivity contribution < 1.29 is 38.0 Å². The van der Waals surface area contributed by atoms with Crippen molar-refractivity contribution in [3.63, 3.8) is 0 Å². The van der Waals surface area contributed by atoms with Gasteiger partial charge in [0.1, 0.15) is 37.6 Å². The van der Waals surface area contributed by atoms with E-state index in [0.29, 0.717) is 26.1 Å². The van der Waals surface area contributed by atoms with E-state index in [9.17, 15) is 9.59 Å². The van der Waals surface area contributed by atoms with Crippen LogP contribution in [0, 0.1) is 0 Å². The number of rotatable bonds is 6. The predicted octanol–water partition coefficient (Wildman–Crippen LogP) is 1.40. The first kappa shape index (κ1) is 15.4. The highest BCUT2D eigenvalue weighted by Crippen LogP contribution is 2.25. The van der Waals surface area contributed by atoms with Crippen LogP contribution in [0.1, 0.15) is 25.7 Å². The molecule has 8 nitrogen and oxygen atoms in total. The van der Waals surface area contributed by atoms with Gasteiger partial charge < -0.3 is 28.4 Å². The second-order valence-corrected chi connectivity index (χ2v) is 5.63. The molecule has 0 N–H and O–H groups in total. The van der Waals surface area contributed by atoms with Gasteiger partial charge in [-0.3, -0.25) is 0 Å². The Labute approximate surface area is 127 Å². The van der Waals surface area contributed by atoms with E-state index in [1.54, 1.807) is 0 Å². The van der Waals surface area contributed by atoms with Crippen LogP contribution in [0.3, 0.4) is 0 Å². The average molecular weight is 316 g/mol. The number of carbonyl (C=O) groups excluding carboxylic acids is 2. The molecule has 2 saturated heterocycles. The lowest BCUT2D eigenvalue weighted by atomic mass is 9.95. The highest BCUT2D eigenvalue weighted by molar-refractivity contribution is 5.61. The van der Waals surface area contributed by atoms with Crippen molar-refractivity contribution in [2.24, 2.45) is 0 Å². The molecule has 3 fully saturated rings. The van der Waals surface area contributed by atoms with E-state index >= 15 is 0 Å². The first-order valence-electron chi connectivity index (χ1n) is 7.61. The van der Waals surface area contributed by atoms with Gasteiger partial charge in [-0.25, -0.2) is 9.59 Å². The van der Waals surface area contributed by atoms with Crippen molar-refractivity contribution >= 4 is 12.3 Å². The third-order valence-corrected chi connectivity index (χ3v) is 3.72. The van der Waals surface area contributed by atoms with Gasteiger partial charge in [0, 0.05) is 0 Å². The molecule has 0 amide bonds. The van der Waals surface area contributed by atoms with Crippen LogP contribution in [-0.4, -0.2) is 63.2 Å². The van der Waals surface area contributed by atoms with Crippen LogP contribution in [-0.2, 0) is 28.4 Å². The Morgan fingerprint density at radius 3 is 1.59 bits per heavy atom. The van der Waals surface area contributed by atoms with E-state index < -0.39 is 24.5 Å². The molecule has 0 bridgehead atoms. The fraction of sp³-hybridized carbons (Fsp3) is 0.857. The number of ether oxygens (including phenoxy) is 6. The summed E-state index contributed by atoms with van der Waals surface area (Å²) in [5, 5.41) is 0. The Kier molecular flexibility index (Phi) is 4.99. The number of carbonyl (C=O) groups is 2. The summed E-state index contributed by atoms with van der Waals surface area (Å²) < 4.78 is 30.3. The van der Waals surface area contributed by atoms with Gasteiger partial charge in [0.15, 0.2) is 0 Å². The SMILES string of the molecule is O=C(OCC1CO1)OC1CCCCC1OC(=O)OCC1CO1. The zero-order valence-corrected chi connectivity index (χ0v) is 12.2. The minimum atomic E-state index is -0.754. The van der Waals surface area contributed by atoms with Crippen molar-refractivity contribution in [1.82, 2.24) is 0 Å². The summed E-state index contributed by atoms with van der Waals surface area (Å²) in [7, 11) is 0. The van der Waals surface area contributed by atoms with Crippen molar-refractivity contribution in [2.45, 2.75) is 50.1 Å². The summed E-state index contributed by atoms with van der Waals surface area (Å²) in [5.74, 6) is 0. The van der Waals surface area contributed by atoms with Gasteiger partial charge in [-0.2, -0.15) is 0 Å². The Morgan fingerprint density at radius 2 is 1.23 bits per heavy atom. The van der Waals surface area contributed by atoms with Crippen LogP contribution in [0.2, 0.25) is 0 Å². The van der Waals surface area contributed by atoms with Crippen molar-refractivity contribution in [1.29, 1.82) is 0 Å². The van der Waals surface area contributed by atoms with Crippen molar-refractivity contribution in [2.75, 3.05) is 26.4 Å². The van der Waals surface area contributed by atoms with E-state index in [1.807, 2.05) is 0 Å². The van der Waals surface area contributed by atoms with Crippen LogP contribution in [0.4, 0.5) is 9.59 Å². The molecule has 0 aromatic carbocycles.